The molecule has 1 aromatic rings. The zero-order valence-electron chi connectivity index (χ0n) is 9.52. The van der Waals surface area contributed by atoms with E-state index >= 15 is 0 Å². The van der Waals surface area contributed by atoms with Crippen molar-refractivity contribution in [2.75, 3.05) is 0 Å². The van der Waals surface area contributed by atoms with Crippen molar-refractivity contribution in [1.29, 1.82) is 0 Å². The first-order valence-corrected chi connectivity index (χ1v) is 6.44. The number of rotatable bonds is 4. The number of Topliss-reactive ketones (excluding diaryl/α,β-unsaturated/α-hetero) is 1. The summed E-state index contributed by atoms with van der Waals surface area (Å²) in [6.07, 6.45) is 0. The molecule has 0 aromatic heterocycles. The van der Waals surface area contributed by atoms with Crippen LogP contribution < -0.4 is 4.72 Å². The second-order valence-corrected chi connectivity index (χ2v) is 5.57. The van der Waals surface area contributed by atoms with E-state index in [9.17, 15) is 13.2 Å². The third-order valence-corrected chi connectivity index (χ3v) is 3.60. The molecular formula is C11H15NO3S. The molecule has 0 aliphatic heterocycles. The van der Waals surface area contributed by atoms with Crippen molar-refractivity contribution >= 4 is 15.8 Å². The molecule has 5 heteroatoms. The lowest BCUT2D eigenvalue weighted by molar-refractivity contribution is 0.101. The van der Waals surface area contributed by atoms with Crippen molar-refractivity contribution in [2.24, 2.45) is 0 Å². The fourth-order valence-corrected chi connectivity index (χ4v) is 2.56. The number of ketones is 1. The molecule has 88 valence electrons. The highest BCUT2D eigenvalue weighted by Crippen LogP contribution is 2.12. The zero-order chi connectivity index (χ0) is 12.3. The van der Waals surface area contributed by atoms with Gasteiger partial charge in [-0.3, -0.25) is 4.79 Å². The monoisotopic (exact) mass is 241 g/mol. The van der Waals surface area contributed by atoms with Crippen molar-refractivity contribution in [3.8, 4) is 0 Å². The fourth-order valence-electron chi connectivity index (χ4n) is 1.26. The Morgan fingerprint density at radius 1 is 1.31 bits per heavy atom. The van der Waals surface area contributed by atoms with Crippen LogP contribution in [0.5, 0.6) is 0 Å². The number of hydrogen-bond donors (Lipinski definition) is 1. The largest absolute Gasteiger partial charge is 0.295 e. The highest BCUT2D eigenvalue weighted by molar-refractivity contribution is 7.89. The normalized spacial score (nSPS) is 11.8. The second-order valence-electron chi connectivity index (χ2n) is 3.86. The lowest BCUT2D eigenvalue weighted by Gasteiger charge is -2.09. The Morgan fingerprint density at radius 3 is 2.44 bits per heavy atom. The van der Waals surface area contributed by atoms with Crippen LogP contribution in [-0.2, 0) is 10.0 Å². The summed E-state index contributed by atoms with van der Waals surface area (Å²) >= 11 is 0. The van der Waals surface area contributed by atoms with E-state index in [4.69, 9.17) is 0 Å². The third-order valence-electron chi connectivity index (χ3n) is 1.94. The van der Waals surface area contributed by atoms with E-state index in [1.807, 2.05) is 0 Å². The summed E-state index contributed by atoms with van der Waals surface area (Å²) < 4.78 is 26.1. The Bertz CT molecular complexity index is 492. The van der Waals surface area contributed by atoms with Crippen LogP contribution >= 0.6 is 0 Å². The van der Waals surface area contributed by atoms with Gasteiger partial charge in [0.2, 0.25) is 10.0 Å². The molecule has 0 radical (unpaired) electrons. The summed E-state index contributed by atoms with van der Waals surface area (Å²) in [4.78, 5) is 11.3. The van der Waals surface area contributed by atoms with Crippen LogP contribution in [0.1, 0.15) is 31.1 Å². The molecule has 0 heterocycles. The first kappa shape index (κ1) is 12.9. The molecule has 0 atom stereocenters. The van der Waals surface area contributed by atoms with Crippen LogP contribution in [-0.4, -0.2) is 20.2 Å². The van der Waals surface area contributed by atoms with E-state index in [0.29, 0.717) is 5.56 Å². The van der Waals surface area contributed by atoms with E-state index < -0.39 is 10.0 Å². The molecule has 4 nitrogen and oxygen atoms in total. The van der Waals surface area contributed by atoms with Gasteiger partial charge in [-0.25, -0.2) is 13.1 Å². The molecule has 0 aliphatic rings. The summed E-state index contributed by atoms with van der Waals surface area (Å²) in [5.41, 5.74) is 0.395. The Balaban J connectivity index is 3.14. The van der Waals surface area contributed by atoms with Gasteiger partial charge in [0.25, 0.3) is 0 Å². The maximum absolute atomic E-state index is 11.8. The average Bonchev–Trinajstić information content (AvgIpc) is 2.16. The first-order valence-electron chi connectivity index (χ1n) is 4.96. The molecule has 0 aliphatic carbocycles. The van der Waals surface area contributed by atoms with E-state index in [0.717, 1.165) is 0 Å². The first-order chi connectivity index (χ1) is 7.33. The van der Waals surface area contributed by atoms with Crippen LogP contribution in [0.4, 0.5) is 0 Å². The van der Waals surface area contributed by atoms with Gasteiger partial charge in [-0.15, -0.1) is 0 Å². The van der Waals surface area contributed by atoms with Gasteiger partial charge >= 0.3 is 0 Å². The summed E-state index contributed by atoms with van der Waals surface area (Å²) in [6.45, 7) is 4.89. The number of sulfonamides is 1. The topological polar surface area (TPSA) is 63.2 Å². The number of benzene rings is 1. The van der Waals surface area contributed by atoms with Gasteiger partial charge in [-0.2, -0.15) is 0 Å². The van der Waals surface area contributed by atoms with E-state index in [1.54, 1.807) is 26.0 Å². The molecule has 16 heavy (non-hydrogen) atoms. The smallest absolute Gasteiger partial charge is 0.240 e. The van der Waals surface area contributed by atoms with Gasteiger partial charge < -0.3 is 0 Å². The molecule has 1 rings (SSSR count). The van der Waals surface area contributed by atoms with Crippen LogP contribution in [0.15, 0.2) is 29.2 Å². The quantitative estimate of drug-likeness (QED) is 0.814. The zero-order valence-corrected chi connectivity index (χ0v) is 10.3. The van der Waals surface area contributed by atoms with Gasteiger partial charge in [0.05, 0.1) is 4.90 Å². The molecule has 0 saturated heterocycles. The summed E-state index contributed by atoms with van der Waals surface area (Å²) in [5.74, 6) is -0.151. The van der Waals surface area contributed by atoms with Crippen molar-refractivity contribution in [2.45, 2.75) is 31.7 Å². The molecule has 0 spiro atoms. The van der Waals surface area contributed by atoms with Gasteiger partial charge in [0, 0.05) is 11.6 Å². The Kier molecular flexibility index (Phi) is 3.83. The molecule has 0 saturated carbocycles. The van der Waals surface area contributed by atoms with Crippen molar-refractivity contribution in [3.05, 3.63) is 29.8 Å². The van der Waals surface area contributed by atoms with Crippen molar-refractivity contribution in [3.63, 3.8) is 0 Å². The van der Waals surface area contributed by atoms with Gasteiger partial charge in [-0.1, -0.05) is 12.1 Å². The number of nitrogens with one attached hydrogen (secondary N) is 1. The van der Waals surface area contributed by atoms with E-state index in [2.05, 4.69) is 4.72 Å². The SMILES string of the molecule is CC(=O)c1cccc(S(=O)(=O)NC(C)C)c1. The molecule has 0 unspecified atom stereocenters. The summed E-state index contributed by atoms with van der Waals surface area (Å²) in [5, 5.41) is 0. The predicted octanol–water partition coefficient (Wildman–Crippen LogP) is 1.58. The lowest BCUT2D eigenvalue weighted by atomic mass is 10.2. The molecule has 1 aromatic carbocycles. The summed E-state index contributed by atoms with van der Waals surface area (Å²) in [6, 6.07) is 5.83. The van der Waals surface area contributed by atoms with Gasteiger partial charge in [-0.05, 0) is 32.9 Å². The minimum atomic E-state index is -3.52. The predicted molar refractivity (Wildman–Crippen MR) is 61.9 cm³/mol. The van der Waals surface area contributed by atoms with Crippen LogP contribution in [0, 0.1) is 0 Å². The minimum Gasteiger partial charge on any atom is -0.295 e. The maximum Gasteiger partial charge on any atom is 0.240 e. The van der Waals surface area contributed by atoms with Crippen LogP contribution in [0.25, 0.3) is 0 Å². The average molecular weight is 241 g/mol. The van der Waals surface area contributed by atoms with E-state index in [-0.39, 0.29) is 16.7 Å². The standard InChI is InChI=1S/C11H15NO3S/c1-8(2)12-16(14,15)11-6-4-5-10(7-11)9(3)13/h4-8,12H,1-3H3. The summed E-state index contributed by atoms with van der Waals surface area (Å²) in [7, 11) is -3.52. The van der Waals surface area contributed by atoms with E-state index in [1.165, 1.54) is 19.1 Å². The minimum absolute atomic E-state index is 0.119. The second kappa shape index (κ2) is 4.76. The Hall–Kier alpha value is -1.20. The molecular weight excluding hydrogens is 226 g/mol. The number of carbonyl (C=O) groups is 1. The van der Waals surface area contributed by atoms with Crippen molar-refractivity contribution < 1.29 is 13.2 Å². The molecule has 1 N–H and O–H groups in total. The lowest BCUT2D eigenvalue weighted by Crippen LogP contribution is -2.30. The van der Waals surface area contributed by atoms with Gasteiger partial charge in [0.1, 0.15) is 0 Å². The highest BCUT2D eigenvalue weighted by atomic mass is 32.2. The number of carbonyl (C=O) groups excluding carboxylic acids is 1. The van der Waals surface area contributed by atoms with Gasteiger partial charge in [0.15, 0.2) is 5.78 Å². The third kappa shape index (κ3) is 3.15. The molecule has 0 bridgehead atoms. The van der Waals surface area contributed by atoms with Crippen molar-refractivity contribution in [1.82, 2.24) is 4.72 Å². The number of hydrogen-bond acceptors (Lipinski definition) is 3. The maximum atomic E-state index is 11.8. The van der Waals surface area contributed by atoms with Crippen LogP contribution in [0.2, 0.25) is 0 Å². The van der Waals surface area contributed by atoms with Crippen LogP contribution in [0.3, 0.4) is 0 Å². The molecule has 0 fully saturated rings. The fraction of sp³-hybridized carbons (Fsp3) is 0.364. The Morgan fingerprint density at radius 2 is 1.94 bits per heavy atom. The molecule has 0 amide bonds. The highest BCUT2D eigenvalue weighted by Gasteiger charge is 2.15. The Labute approximate surface area is 95.7 Å².